The second kappa shape index (κ2) is 9.57. The molecule has 0 spiro atoms. The Labute approximate surface area is 177 Å². The van der Waals surface area contributed by atoms with Crippen LogP contribution in [0.3, 0.4) is 0 Å². The Bertz CT molecular complexity index is 1070. The van der Waals surface area contributed by atoms with Crippen LogP contribution >= 0.6 is 11.6 Å². The first-order chi connectivity index (χ1) is 14.5. The highest BCUT2D eigenvalue weighted by Gasteiger charge is 2.12. The number of urea groups is 1. The molecule has 0 bridgehead atoms. The molecule has 1 aromatic heterocycles. The van der Waals surface area contributed by atoms with Crippen LogP contribution in [0.5, 0.6) is 11.6 Å². The lowest BCUT2D eigenvalue weighted by atomic mass is 10.2. The molecule has 30 heavy (non-hydrogen) atoms. The molecule has 3 aromatic rings. The Morgan fingerprint density at radius 1 is 1.17 bits per heavy atom. The fourth-order valence-corrected chi connectivity index (χ4v) is 2.61. The van der Waals surface area contributed by atoms with Crippen LogP contribution in [0, 0.1) is 6.92 Å². The van der Waals surface area contributed by atoms with Crippen molar-refractivity contribution in [3.63, 3.8) is 0 Å². The lowest BCUT2D eigenvalue weighted by Gasteiger charge is -2.12. The van der Waals surface area contributed by atoms with Crippen molar-refractivity contribution in [2.45, 2.75) is 6.92 Å². The number of anilines is 3. The number of aromatic nitrogens is 2. The number of rotatable bonds is 6. The van der Waals surface area contributed by atoms with Crippen LogP contribution in [-0.4, -0.2) is 29.3 Å². The van der Waals surface area contributed by atoms with Crippen molar-refractivity contribution in [1.29, 1.82) is 0 Å². The summed E-state index contributed by atoms with van der Waals surface area (Å²) in [6, 6.07) is 11.8. The maximum absolute atomic E-state index is 12.2. The summed E-state index contributed by atoms with van der Waals surface area (Å²) in [7, 11) is 1.40. The predicted octanol–water partition coefficient (Wildman–Crippen LogP) is 4.44. The minimum Gasteiger partial charge on any atom is -0.438 e. The molecule has 3 rings (SSSR count). The maximum Gasteiger partial charge on any atom is 0.323 e. The zero-order valence-corrected chi connectivity index (χ0v) is 17.0. The van der Waals surface area contributed by atoms with Gasteiger partial charge in [-0.15, -0.1) is 0 Å². The Morgan fingerprint density at radius 2 is 1.93 bits per heavy atom. The molecule has 154 valence electrons. The number of nitrogens with two attached hydrogens (primary N) is 1. The Hall–Kier alpha value is -3.85. The fraction of sp³-hybridized carbons (Fsp3) is 0.100. The summed E-state index contributed by atoms with van der Waals surface area (Å²) < 4.78 is 5.74. The van der Waals surface area contributed by atoms with Gasteiger partial charge in [0, 0.05) is 11.8 Å². The molecular formula is C20H19ClN6O3. The summed E-state index contributed by atoms with van der Waals surface area (Å²) in [4.78, 5) is 24.8. The summed E-state index contributed by atoms with van der Waals surface area (Å²) >= 11 is 6.29. The lowest BCUT2D eigenvalue weighted by Crippen LogP contribution is -2.19. The molecule has 1 heterocycles. The second-order valence-corrected chi connectivity index (χ2v) is 6.49. The molecular weight excluding hydrogens is 408 g/mol. The number of halogens is 1. The number of nitrogens with zero attached hydrogens (tertiary/aromatic N) is 3. The van der Waals surface area contributed by atoms with E-state index in [4.69, 9.17) is 22.1 Å². The lowest BCUT2D eigenvalue weighted by molar-refractivity contribution is 0.215. The predicted molar refractivity (Wildman–Crippen MR) is 116 cm³/mol. The number of hydrogen-bond donors (Lipinski definition) is 3. The molecule has 0 aliphatic heterocycles. The third-order valence-corrected chi connectivity index (χ3v) is 4.19. The van der Waals surface area contributed by atoms with Crippen LogP contribution in [0.4, 0.5) is 22.0 Å². The Balaban J connectivity index is 1.71. The SMILES string of the molecule is CO/N=C/c1c(N)ncnc1Oc1ccc(NC(=O)Nc2ccc(C)cc2)c(Cl)c1. The molecule has 0 aliphatic carbocycles. The van der Waals surface area contributed by atoms with Gasteiger partial charge >= 0.3 is 6.03 Å². The average Bonchev–Trinajstić information content (AvgIpc) is 2.71. The van der Waals surface area contributed by atoms with Crippen molar-refractivity contribution in [2.75, 3.05) is 23.5 Å². The van der Waals surface area contributed by atoms with Gasteiger partial charge in [0.2, 0.25) is 5.88 Å². The topological polar surface area (TPSA) is 124 Å². The summed E-state index contributed by atoms with van der Waals surface area (Å²) in [5.41, 5.74) is 8.37. The molecule has 9 nitrogen and oxygen atoms in total. The molecule has 2 amide bonds. The molecule has 0 aliphatic rings. The number of carbonyl (C=O) groups excluding carboxylic acids is 1. The van der Waals surface area contributed by atoms with Crippen LogP contribution in [0.2, 0.25) is 5.02 Å². The highest BCUT2D eigenvalue weighted by Crippen LogP contribution is 2.31. The van der Waals surface area contributed by atoms with Crippen molar-refractivity contribution in [3.8, 4) is 11.6 Å². The van der Waals surface area contributed by atoms with Crippen LogP contribution in [0.25, 0.3) is 0 Å². The quantitative estimate of drug-likeness (QED) is 0.395. The van der Waals surface area contributed by atoms with Crippen LogP contribution < -0.4 is 21.1 Å². The molecule has 0 unspecified atom stereocenters. The Kier molecular flexibility index (Phi) is 6.66. The maximum atomic E-state index is 12.2. The molecule has 0 saturated carbocycles. The summed E-state index contributed by atoms with van der Waals surface area (Å²) in [6.07, 6.45) is 2.61. The molecule has 0 atom stereocenters. The van der Waals surface area contributed by atoms with Crippen molar-refractivity contribution < 1.29 is 14.4 Å². The van der Waals surface area contributed by atoms with E-state index in [1.807, 2.05) is 31.2 Å². The number of hydrogen-bond acceptors (Lipinski definition) is 7. The summed E-state index contributed by atoms with van der Waals surface area (Å²) in [5.74, 6) is 0.741. The number of aryl methyl sites for hydroxylation is 1. The van der Waals surface area contributed by atoms with E-state index < -0.39 is 6.03 Å². The zero-order valence-electron chi connectivity index (χ0n) is 16.2. The second-order valence-electron chi connectivity index (χ2n) is 6.08. The van der Waals surface area contributed by atoms with E-state index in [2.05, 4.69) is 30.6 Å². The zero-order chi connectivity index (χ0) is 21.5. The van der Waals surface area contributed by atoms with E-state index in [0.29, 0.717) is 22.7 Å². The molecule has 10 heteroatoms. The number of oxime groups is 1. The van der Waals surface area contributed by atoms with Crippen LogP contribution in [0.1, 0.15) is 11.1 Å². The van der Waals surface area contributed by atoms with Gasteiger partial charge in [0.05, 0.1) is 16.9 Å². The van der Waals surface area contributed by atoms with E-state index in [9.17, 15) is 4.79 Å². The van der Waals surface area contributed by atoms with Crippen molar-refractivity contribution in [1.82, 2.24) is 9.97 Å². The van der Waals surface area contributed by atoms with Gasteiger partial charge in [-0.05, 0) is 31.2 Å². The van der Waals surface area contributed by atoms with E-state index in [0.717, 1.165) is 5.56 Å². The van der Waals surface area contributed by atoms with Gasteiger partial charge in [0.1, 0.15) is 30.6 Å². The first kappa shape index (κ1) is 20.9. The number of nitrogens with one attached hydrogen (secondary N) is 2. The monoisotopic (exact) mass is 426 g/mol. The van der Waals surface area contributed by atoms with E-state index in [1.165, 1.54) is 19.7 Å². The van der Waals surface area contributed by atoms with Gasteiger partial charge in [0.15, 0.2) is 0 Å². The van der Waals surface area contributed by atoms with E-state index in [-0.39, 0.29) is 16.7 Å². The highest BCUT2D eigenvalue weighted by molar-refractivity contribution is 6.34. The van der Waals surface area contributed by atoms with Gasteiger partial charge < -0.3 is 25.9 Å². The van der Waals surface area contributed by atoms with Gasteiger partial charge in [-0.1, -0.05) is 34.5 Å². The summed E-state index contributed by atoms with van der Waals surface area (Å²) in [6.45, 7) is 1.97. The third kappa shape index (κ3) is 5.36. The average molecular weight is 427 g/mol. The molecule has 0 radical (unpaired) electrons. The third-order valence-electron chi connectivity index (χ3n) is 3.88. The standard InChI is InChI=1S/C20H19ClN6O3/c1-12-3-5-13(6-4-12)26-20(28)27-17-8-7-14(9-16(17)21)30-19-15(10-25-29-2)18(22)23-11-24-19/h3-11H,1-2H3,(H2,22,23,24)(H2,26,27,28)/b25-10+. The highest BCUT2D eigenvalue weighted by atomic mass is 35.5. The van der Waals surface area contributed by atoms with E-state index in [1.54, 1.807) is 18.2 Å². The molecule has 0 saturated heterocycles. The molecule has 0 fully saturated rings. The molecule has 2 aromatic carbocycles. The number of carbonyl (C=O) groups is 1. The number of benzene rings is 2. The molecule has 4 N–H and O–H groups in total. The summed E-state index contributed by atoms with van der Waals surface area (Å²) in [5, 5.41) is 9.37. The first-order valence-corrected chi connectivity index (χ1v) is 9.13. The smallest absolute Gasteiger partial charge is 0.323 e. The largest absolute Gasteiger partial charge is 0.438 e. The van der Waals surface area contributed by atoms with Crippen molar-refractivity contribution in [2.24, 2.45) is 5.16 Å². The Morgan fingerprint density at radius 3 is 2.63 bits per heavy atom. The minimum absolute atomic E-state index is 0.178. The van der Waals surface area contributed by atoms with Gasteiger partial charge in [-0.25, -0.2) is 14.8 Å². The fourth-order valence-electron chi connectivity index (χ4n) is 2.39. The van der Waals surface area contributed by atoms with E-state index >= 15 is 0 Å². The minimum atomic E-state index is -0.420. The number of ether oxygens (including phenoxy) is 1. The van der Waals surface area contributed by atoms with Crippen molar-refractivity contribution in [3.05, 3.63) is 64.9 Å². The van der Waals surface area contributed by atoms with Crippen LogP contribution in [0.15, 0.2) is 53.9 Å². The van der Waals surface area contributed by atoms with Gasteiger partial charge in [-0.2, -0.15) is 0 Å². The number of nitrogen functional groups attached to an aromatic ring is 1. The van der Waals surface area contributed by atoms with Gasteiger partial charge in [0.25, 0.3) is 0 Å². The normalized spacial score (nSPS) is 10.6. The number of amides is 2. The van der Waals surface area contributed by atoms with Gasteiger partial charge in [-0.3, -0.25) is 0 Å². The van der Waals surface area contributed by atoms with Crippen molar-refractivity contribution >= 4 is 41.0 Å². The first-order valence-electron chi connectivity index (χ1n) is 8.75. The van der Waals surface area contributed by atoms with Crippen LogP contribution in [-0.2, 0) is 4.84 Å².